The van der Waals surface area contributed by atoms with Crippen molar-refractivity contribution in [1.82, 2.24) is 10.3 Å². The van der Waals surface area contributed by atoms with E-state index in [0.717, 1.165) is 17.2 Å². The minimum atomic E-state index is -0.124. The zero-order valence-electron chi connectivity index (χ0n) is 11.7. The van der Waals surface area contributed by atoms with Gasteiger partial charge in [0, 0.05) is 18.2 Å². The minimum Gasteiger partial charge on any atom is -0.497 e. The highest BCUT2D eigenvalue weighted by Crippen LogP contribution is 2.29. The maximum Gasteiger partial charge on any atom is 0.251 e. The van der Waals surface area contributed by atoms with Crippen molar-refractivity contribution in [3.63, 3.8) is 0 Å². The van der Waals surface area contributed by atoms with Gasteiger partial charge in [-0.15, -0.1) is 0 Å². The first-order valence-corrected chi connectivity index (χ1v) is 6.80. The number of rotatable bonds is 3. The van der Waals surface area contributed by atoms with Crippen molar-refractivity contribution < 1.29 is 14.3 Å². The fourth-order valence-corrected chi connectivity index (χ4v) is 2.33. The Morgan fingerprint density at radius 3 is 2.90 bits per heavy atom. The number of pyridine rings is 1. The van der Waals surface area contributed by atoms with Crippen LogP contribution in [0, 0.1) is 0 Å². The van der Waals surface area contributed by atoms with Gasteiger partial charge in [-0.2, -0.15) is 0 Å². The summed E-state index contributed by atoms with van der Waals surface area (Å²) >= 11 is 0. The number of fused-ring (bicyclic) bond motifs is 1. The van der Waals surface area contributed by atoms with Gasteiger partial charge < -0.3 is 14.8 Å². The lowest BCUT2D eigenvalue weighted by molar-refractivity contribution is 0.0923. The van der Waals surface area contributed by atoms with E-state index in [-0.39, 0.29) is 11.9 Å². The average molecular weight is 284 g/mol. The molecule has 0 saturated heterocycles. The second kappa shape index (κ2) is 5.83. The molecule has 1 atom stereocenters. The lowest BCUT2D eigenvalue weighted by Crippen LogP contribution is -2.32. The SMILES string of the molecule is COc1ccc(C(=O)NC2CCOc3cccnc32)cc1. The zero-order chi connectivity index (χ0) is 14.7. The van der Waals surface area contributed by atoms with E-state index in [4.69, 9.17) is 9.47 Å². The molecule has 2 heterocycles. The molecule has 3 rings (SSSR count). The third kappa shape index (κ3) is 2.81. The number of ether oxygens (including phenoxy) is 2. The Balaban J connectivity index is 1.76. The predicted molar refractivity (Wildman–Crippen MR) is 77.6 cm³/mol. The third-order valence-corrected chi connectivity index (χ3v) is 3.45. The highest BCUT2D eigenvalue weighted by Gasteiger charge is 2.24. The second-order valence-corrected chi connectivity index (χ2v) is 4.78. The van der Waals surface area contributed by atoms with Gasteiger partial charge in [0.15, 0.2) is 0 Å². The van der Waals surface area contributed by atoms with Crippen LogP contribution in [0.4, 0.5) is 0 Å². The van der Waals surface area contributed by atoms with Gasteiger partial charge in [-0.3, -0.25) is 9.78 Å². The van der Waals surface area contributed by atoms with Crippen LogP contribution in [0.5, 0.6) is 11.5 Å². The summed E-state index contributed by atoms with van der Waals surface area (Å²) in [5.74, 6) is 1.34. The lowest BCUT2D eigenvalue weighted by Gasteiger charge is -2.25. The molecule has 5 heteroatoms. The van der Waals surface area contributed by atoms with Crippen LogP contribution in [0.25, 0.3) is 0 Å². The smallest absolute Gasteiger partial charge is 0.251 e. The maximum atomic E-state index is 12.3. The first-order chi connectivity index (χ1) is 10.3. The maximum absolute atomic E-state index is 12.3. The number of carbonyl (C=O) groups is 1. The Morgan fingerprint density at radius 2 is 2.14 bits per heavy atom. The molecule has 0 fully saturated rings. The molecule has 21 heavy (non-hydrogen) atoms. The number of hydrogen-bond acceptors (Lipinski definition) is 4. The molecule has 0 aliphatic carbocycles. The van der Waals surface area contributed by atoms with E-state index in [2.05, 4.69) is 10.3 Å². The molecule has 5 nitrogen and oxygen atoms in total. The molecular formula is C16H16N2O3. The van der Waals surface area contributed by atoms with Crippen molar-refractivity contribution in [2.75, 3.05) is 13.7 Å². The first-order valence-electron chi connectivity index (χ1n) is 6.80. The third-order valence-electron chi connectivity index (χ3n) is 3.45. The van der Waals surface area contributed by atoms with Crippen molar-refractivity contribution in [3.8, 4) is 11.5 Å². The zero-order valence-corrected chi connectivity index (χ0v) is 11.7. The summed E-state index contributed by atoms with van der Waals surface area (Å²) < 4.78 is 10.6. The summed E-state index contributed by atoms with van der Waals surface area (Å²) in [6.45, 7) is 0.576. The van der Waals surface area contributed by atoms with E-state index in [0.29, 0.717) is 18.6 Å². The average Bonchev–Trinajstić information content (AvgIpc) is 2.55. The van der Waals surface area contributed by atoms with E-state index in [1.54, 1.807) is 37.6 Å². The summed E-state index contributed by atoms with van der Waals surface area (Å²) in [7, 11) is 1.60. The number of nitrogens with one attached hydrogen (secondary N) is 1. The van der Waals surface area contributed by atoms with Crippen LogP contribution < -0.4 is 14.8 Å². The summed E-state index contributed by atoms with van der Waals surface area (Å²) in [4.78, 5) is 16.6. The Kier molecular flexibility index (Phi) is 3.73. The van der Waals surface area contributed by atoms with E-state index < -0.39 is 0 Å². The Morgan fingerprint density at radius 1 is 1.33 bits per heavy atom. The van der Waals surface area contributed by atoms with Gasteiger partial charge in [0.05, 0.1) is 19.8 Å². The van der Waals surface area contributed by atoms with Gasteiger partial charge >= 0.3 is 0 Å². The van der Waals surface area contributed by atoms with Crippen molar-refractivity contribution >= 4 is 5.91 Å². The van der Waals surface area contributed by atoms with Gasteiger partial charge in [0.2, 0.25) is 0 Å². The van der Waals surface area contributed by atoms with Crippen molar-refractivity contribution in [2.45, 2.75) is 12.5 Å². The molecule has 1 amide bonds. The van der Waals surface area contributed by atoms with Gasteiger partial charge in [-0.25, -0.2) is 0 Å². The molecular weight excluding hydrogens is 268 g/mol. The summed E-state index contributed by atoms with van der Waals surface area (Å²) in [6, 6.07) is 10.6. The molecule has 1 unspecified atom stereocenters. The Labute approximate surface area is 122 Å². The Hall–Kier alpha value is -2.56. The van der Waals surface area contributed by atoms with Crippen molar-refractivity contribution in [1.29, 1.82) is 0 Å². The summed E-state index contributed by atoms with van der Waals surface area (Å²) in [6.07, 6.45) is 2.42. The van der Waals surface area contributed by atoms with E-state index in [9.17, 15) is 4.79 Å². The molecule has 1 aromatic carbocycles. The second-order valence-electron chi connectivity index (χ2n) is 4.78. The lowest BCUT2D eigenvalue weighted by atomic mass is 10.1. The van der Waals surface area contributed by atoms with E-state index in [1.807, 2.05) is 12.1 Å². The molecule has 1 aliphatic rings. The molecule has 1 aromatic heterocycles. The van der Waals surface area contributed by atoms with Gasteiger partial charge in [0.1, 0.15) is 17.2 Å². The molecule has 0 radical (unpaired) electrons. The highest BCUT2D eigenvalue weighted by atomic mass is 16.5. The number of aromatic nitrogens is 1. The van der Waals surface area contributed by atoms with E-state index >= 15 is 0 Å². The number of hydrogen-bond donors (Lipinski definition) is 1. The number of carbonyl (C=O) groups excluding carboxylic acids is 1. The summed E-state index contributed by atoms with van der Waals surface area (Å²) in [5, 5.41) is 3.01. The number of benzene rings is 1. The standard InChI is InChI=1S/C16H16N2O3/c1-20-12-6-4-11(5-7-12)16(19)18-13-8-10-21-14-3-2-9-17-15(13)14/h2-7,9,13H,8,10H2,1H3,(H,18,19). The number of nitrogens with zero attached hydrogens (tertiary/aromatic N) is 1. The first kappa shape index (κ1) is 13.4. The molecule has 108 valence electrons. The van der Waals surface area contributed by atoms with Crippen LogP contribution in [0.2, 0.25) is 0 Å². The fourth-order valence-electron chi connectivity index (χ4n) is 2.33. The monoisotopic (exact) mass is 284 g/mol. The van der Waals surface area contributed by atoms with Crippen LogP contribution in [0.1, 0.15) is 28.5 Å². The number of amides is 1. The van der Waals surface area contributed by atoms with Gasteiger partial charge in [-0.05, 0) is 36.4 Å². The normalized spacial score (nSPS) is 16.5. The highest BCUT2D eigenvalue weighted by molar-refractivity contribution is 5.94. The largest absolute Gasteiger partial charge is 0.497 e. The molecule has 0 saturated carbocycles. The van der Waals surface area contributed by atoms with Crippen LogP contribution in [-0.2, 0) is 0 Å². The van der Waals surface area contributed by atoms with Gasteiger partial charge in [-0.1, -0.05) is 0 Å². The molecule has 1 N–H and O–H groups in total. The topological polar surface area (TPSA) is 60.5 Å². The fraction of sp³-hybridized carbons (Fsp3) is 0.250. The number of methoxy groups -OCH3 is 1. The van der Waals surface area contributed by atoms with Crippen molar-refractivity contribution in [3.05, 3.63) is 53.9 Å². The summed E-state index contributed by atoms with van der Waals surface area (Å²) in [5.41, 5.74) is 1.38. The quantitative estimate of drug-likeness (QED) is 0.939. The minimum absolute atomic E-state index is 0.121. The van der Waals surface area contributed by atoms with Crippen LogP contribution in [-0.4, -0.2) is 24.6 Å². The molecule has 0 spiro atoms. The Bertz CT molecular complexity index is 640. The van der Waals surface area contributed by atoms with Crippen LogP contribution >= 0.6 is 0 Å². The van der Waals surface area contributed by atoms with Crippen LogP contribution in [0.15, 0.2) is 42.6 Å². The molecule has 1 aliphatic heterocycles. The van der Waals surface area contributed by atoms with Crippen LogP contribution in [0.3, 0.4) is 0 Å². The molecule has 2 aromatic rings. The van der Waals surface area contributed by atoms with Crippen molar-refractivity contribution in [2.24, 2.45) is 0 Å². The predicted octanol–water partition coefficient (Wildman–Crippen LogP) is 2.34. The molecule has 0 bridgehead atoms. The van der Waals surface area contributed by atoms with Gasteiger partial charge in [0.25, 0.3) is 5.91 Å². The van der Waals surface area contributed by atoms with E-state index in [1.165, 1.54) is 0 Å².